The smallest absolute Gasteiger partial charge is 0.0342 e. The average Bonchev–Trinajstić information content (AvgIpc) is 3.32. The Morgan fingerprint density at radius 3 is 1.32 bits per heavy atom. The van der Waals surface area contributed by atoms with Crippen molar-refractivity contribution in [2.45, 2.75) is 0 Å². The largest absolute Gasteiger partial charge is 0.399 e. The fourth-order valence-electron chi connectivity index (χ4n) is 2.27. The van der Waals surface area contributed by atoms with Crippen molar-refractivity contribution in [3.05, 3.63) is 102 Å². The average molecular weight is 362 g/mol. The molecule has 0 saturated carbocycles. The van der Waals surface area contributed by atoms with Crippen LogP contribution in [0, 0.1) is 0 Å². The molecule has 0 radical (unpaired) electrons. The van der Waals surface area contributed by atoms with E-state index in [1.54, 1.807) is 22.7 Å². The second kappa shape index (κ2) is 9.02. The number of fused-ring (bicyclic) bond motifs is 2. The Morgan fingerprint density at radius 2 is 0.920 bits per heavy atom. The van der Waals surface area contributed by atoms with Gasteiger partial charge in [0.15, 0.2) is 0 Å². The quantitative estimate of drug-likeness (QED) is 0.293. The molecule has 0 aliphatic rings. The molecule has 0 saturated heterocycles. The number of benzene rings is 3. The first-order valence-corrected chi connectivity index (χ1v) is 9.74. The van der Waals surface area contributed by atoms with Gasteiger partial charge in [0.1, 0.15) is 0 Å². The summed E-state index contributed by atoms with van der Waals surface area (Å²) in [4.78, 5) is 0. The molecule has 0 fully saturated rings. The normalized spacial score (nSPS) is 9.76. The number of anilines is 1. The van der Waals surface area contributed by atoms with Crippen molar-refractivity contribution in [1.82, 2.24) is 0 Å². The van der Waals surface area contributed by atoms with E-state index >= 15 is 0 Å². The van der Waals surface area contributed by atoms with Crippen LogP contribution in [0.3, 0.4) is 0 Å². The number of hydrogen-bond acceptors (Lipinski definition) is 3. The number of nitrogens with two attached hydrogens (primary N) is 1. The zero-order valence-corrected chi connectivity index (χ0v) is 15.3. The van der Waals surface area contributed by atoms with E-state index in [0.29, 0.717) is 0 Å². The summed E-state index contributed by atoms with van der Waals surface area (Å²) in [5.41, 5.74) is 6.18. The van der Waals surface area contributed by atoms with Crippen LogP contribution in [0.15, 0.2) is 102 Å². The molecule has 0 aliphatic heterocycles. The van der Waals surface area contributed by atoms with Crippen molar-refractivity contribution >= 4 is 48.5 Å². The van der Waals surface area contributed by atoms with Gasteiger partial charge in [0.05, 0.1) is 0 Å². The van der Waals surface area contributed by atoms with Crippen LogP contribution in [0.5, 0.6) is 0 Å². The van der Waals surface area contributed by atoms with Gasteiger partial charge in [-0.2, -0.15) is 0 Å². The van der Waals surface area contributed by atoms with Crippen molar-refractivity contribution in [2.75, 3.05) is 5.73 Å². The van der Waals surface area contributed by atoms with Gasteiger partial charge in [-0.1, -0.05) is 54.6 Å². The minimum atomic E-state index is 0.822. The molecule has 3 aromatic carbocycles. The Balaban J connectivity index is 0.000000111. The SMILES string of the molecule is Nc1ccccc1.c1ccc2sccc2c1.c1ccc2sccc2c1. The standard InChI is InChI=1S/2C8H6S.C6H7N/c2*1-2-4-8-7(3-1)5-6-9-8;7-6-4-2-1-3-5-6/h2*1-6H;1-5H,7H2. The molecule has 124 valence electrons. The van der Waals surface area contributed by atoms with Gasteiger partial charge < -0.3 is 5.73 Å². The third-order valence-electron chi connectivity index (χ3n) is 3.52. The third-order valence-corrected chi connectivity index (χ3v) is 5.32. The first-order valence-electron chi connectivity index (χ1n) is 7.98. The van der Waals surface area contributed by atoms with Gasteiger partial charge in [-0.3, -0.25) is 0 Å². The molecule has 0 aliphatic carbocycles. The van der Waals surface area contributed by atoms with Crippen molar-refractivity contribution in [1.29, 1.82) is 0 Å². The zero-order valence-electron chi connectivity index (χ0n) is 13.7. The molecule has 0 spiro atoms. The molecule has 25 heavy (non-hydrogen) atoms. The molecule has 2 aromatic heterocycles. The van der Waals surface area contributed by atoms with E-state index in [2.05, 4.69) is 71.4 Å². The summed E-state index contributed by atoms with van der Waals surface area (Å²) in [6.45, 7) is 0. The van der Waals surface area contributed by atoms with Gasteiger partial charge in [0.25, 0.3) is 0 Å². The van der Waals surface area contributed by atoms with E-state index in [1.165, 1.54) is 20.2 Å². The molecule has 2 heterocycles. The van der Waals surface area contributed by atoms with Crippen LogP contribution in [0.4, 0.5) is 5.69 Å². The second-order valence-corrected chi connectivity index (χ2v) is 7.22. The molecule has 0 amide bonds. The number of thiophene rings is 2. The summed E-state index contributed by atoms with van der Waals surface area (Å²) >= 11 is 3.57. The van der Waals surface area contributed by atoms with Gasteiger partial charge in [0, 0.05) is 15.1 Å². The number of para-hydroxylation sites is 1. The summed E-state index contributed by atoms with van der Waals surface area (Å²) in [6.07, 6.45) is 0. The highest BCUT2D eigenvalue weighted by Crippen LogP contribution is 2.19. The van der Waals surface area contributed by atoms with Crippen LogP contribution in [-0.4, -0.2) is 0 Å². The van der Waals surface area contributed by atoms with Gasteiger partial charge in [-0.05, 0) is 57.9 Å². The number of nitrogen functional groups attached to an aromatic ring is 1. The van der Waals surface area contributed by atoms with Crippen molar-refractivity contribution in [3.63, 3.8) is 0 Å². The van der Waals surface area contributed by atoms with Crippen molar-refractivity contribution < 1.29 is 0 Å². The highest BCUT2D eigenvalue weighted by atomic mass is 32.1. The maximum atomic E-state index is 5.36. The molecular weight excluding hydrogens is 342 g/mol. The monoisotopic (exact) mass is 361 g/mol. The molecule has 3 heteroatoms. The first kappa shape index (κ1) is 17.2. The fourth-order valence-corrected chi connectivity index (χ4v) is 3.85. The van der Waals surface area contributed by atoms with Crippen molar-refractivity contribution in [2.24, 2.45) is 0 Å². The molecule has 0 unspecified atom stereocenters. The maximum Gasteiger partial charge on any atom is 0.0342 e. The number of rotatable bonds is 0. The molecule has 2 N–H and O–H groups in total. The lowest BCUT2D eigenvalue weighted by atomic mass is 10.3. The van der Waals surface area contributed by atoms with E-state index in [1.807, 2.05) is 30.3 Å². The summed E-state index contributed by atoms with van der Waals surface area (Å²) in [5.74, 6) is 0. The summed E-state index contributed by atoms with van der Waals surface area (Å²) < 4.78 is 2.75. The molecular formula is C22H19NS2. The predicted molar refractivity (Wildman–Crippen MR) is 115 cm³/mol. The van der Waals surface area contributed by atoms with Crippen LogP contribution in [-0.2, 0) is 0 Å². The summed E-state index contributed by atoms with van der Waals surface area (Å²) in [6, 6.07) is 30.6. The van der Waals surface area contributed by atoms with E-state index in [-0.39, 0.29) is 0 Å². The zero-order chi connectivity index (χ0) is 17.3. The molecule has 0 atom stereocenters. The fraction of sp³-hybridized carbons (Fsp3) is 0. The second-order valence-electron chi connectivity index (χ2n) is 5.33. The Kier molecular flexibility index (Phi) is 6.21. The molecule has 0 bridgehead atoms. The van der Waals surface area contributed by atoms with Crippen LogP contribution >= 0.6 is 22.7 Å². The highest BCUT2D eigenvalue weighted by molar-refractivity contribution is 7.17. The first-order chi connectivity index (χ1) is 12.3. The van der Waals surface area contributed by atoms with E-state index in [0.717, 1.165) is 5.69 Å². The van der Waals surface area contributed by atoms with Crippen molar-refractivity contribution in [3.8, 4) is 0 Å². The van der Waals surface area contributed by atoms with Crippen LogP contribution in [0.25, 0.3) is 20.2 Å². The van der Waals surface area contributed by atoms with Gasteiger partial charge in [-0.25, -0.2) is 0 Å². The predicted octanol–water partition coefficient (Wildman–Crippen LogP) is 7.07. The summed E-state index contributed by atoms with van der Waals surface area (Å²) in [7, 11) is 0. The maximum absolute atomic E-state index is 5.36. The van der Waals surface area contributed by atoms with E-state index < -0.39 is 0 Å². The Labute approximate surface area is 156 Å². The lowest BCUT2D eigenvalue weighted by molar-refractivity contribution is 1.69. The van der Waals surface area contributed by atoms with Crippen LogP contribution in [0.2, 0.25) is 0 Å². The molecule has 5 rings (SSSR count). The topological polar surface area (TPSA) is 26.0 Å². The van der Waals surface area contributed by atoms with Crippen LogP contribution < -0.4 is 5.73 Å². The minimum Gasteiger partial charge on any atom is -0.399 e. The highest BCUT2D eigenvalue weighted by Gasteiger charge is 1.88. The lowest BCUT2D eigenvalue weighted by Crippen LogP contribution is -1.79. The Morgan fingerprint density at radius 1 is 0.480 bits per heavy atom. The van der Waals surface area contributed by atoms with Gasteiger partial charge in [-0.15, -0.1) is 22.7 Å². The van der Waals surface area contributed by atoms with Crippen LogP contribution in [0.1, 0.15) is 0 Å². The molecule has 5 aromatic rings. The van der Waals surface area contributed by atoms with Gasteiger partial charge >= 0.3 is 0 Å². The molecule has 1 nitrogen and oxygen atoms in total. The van der Waals surface area contributed by atoms with Gasteiger partial charge in [0.2, 0.25) is 0 Å². The summed E-state index contributed by atoms with van der Waals surface area (Å²) in [5, 5.41) is 6.93. The Hall–Kier alpha value is -2.62. The third kappa shape index (κ3) is 5.18. The minimum absolute atomic E-state index is 0.822. The Bertz CT molecular complexity index is 889. The van der Waals surface area contributed by atoms with E-state index in [4.69, 9.17) is 5.73 Å². The van der Waals surface area contributed by atoms with E-state index in [9.17, 15) is 0 Å². The number of hydrogen-bond donors (Lipinski definition) is 1. The lowest BCUT2D eigenvalue weighted by Gasteiger charge is -1.83.